The van der Waals surface area contributed by atoms with Crippen molar-refractivity contribution in [3.8, 4) is 0 Å². The molecule has 0 atom stereocenters. The molecule has 1 aliphatic heterocycles. The summed E-state index contributed by atoms with van der Waals surface area (Å²) in [7, 11) is 0. The first-order chi connectivity index (χ1) is 16.4. The van der Waals surface area contributed by atoms with Crippen LogP contribution in [0, 0.1) is 30.9 Å². The number of carbonyl (C=O) groups is 3. The number of carbonyl (C=O) groups excluding carboxylic acids is 3. The lowest BCUT2D eigenvalue weighted by atomic mass is 9.85. The molecule has 0 saturated carbocycles. The molecule has 186 valence electrons. The number of aryl methyl sites for hydroxylation is 2. The molecule has 1 saturated heterocycles. The Balaban J connectivity index is 1.62. The molecule has 2 aliphatic rings. The Bertz CT molecular complexity index is 1220. The number of hydrogen-bond acceptors (Lipinski definition) is 4. The van der Waals surface area contributed by atoms with E-state index in [1.807, 2.05) is 33.8 Å². The molecule has 0 unspecified atom stereocenters. The number of benzene rings is 2. The van der Waals surface area contributed by atoms with Crippen molar-refractivity contribution in [2.24, 2.45) is 5.41 Å². The van der Waals surface area contributed by atoms with Crippen molar-refractivity contribution in [1.29, 1.82) is 0 Å². The summed E-state index contributed by atoms with van der Waals surface area (Å²) in [5.41, 5.74) is 1.74. The summed E-state index contributed by atoms with van der Waals surface area (Å²) >= 11 is 0. The maximum absolute atomic E-state index is 14.1. The summed E-state index contributed by atoms with van der Waals surface area (Å²) in [4.78, 5) is 40.0. The van der Waals surface area contributed by atoms with E-state index in [4.69, 9.17) is 0 Å². The van der Waals surface area contributed by atoms with Crippen molar-refractivity contribution >= 4 is 17.6 Å². The predicted octanol–water partition coefficient (Wildman–Crippen LogP) is 3.52. The first-order valence-electron chi connectivity index (χ1n) is 11.9. The van der Waals surface area contributed by atoms with Crippen LogP contribution < -0.4 is 16.0 Å². The monoisotopic (exact) mass is 483 g/mol. The second kappa shape index (κ2) is 9.15. The number of halogens is 2. The van der Waals surface area contributed by atoms with Gasteiger partial charge in [-0.05, 0) is 69.0 Å². The second-order valence-electron chi connectivity index (χ2n) is 10.3. The Hall–Kier alpha value is -3.13. The third-order valence-corrected chi connectivity index (χ3v) is 7.21. The molecule has 35 heavy (non-hydrogen) atoms. The number of piperidine rings is 1. The summed E-state index contributed by atoms with van der Waals surface area (Å²) in [6.07, 6.45) is 1.17. The van der Waals surface area contributed by atoms with Crippen molar-refractivity contribution < 1.29 is 23.2 Å². The van der Waals surface area contributed by atoms with Gasteiger partial charge in [-0.3, -0.25) is 14.4 Å². The molecule has 0 aromatic heterocycles. The average molecular weight is 484 g/mol. The SMILES string of the molecule is Cc1cc(C)c2c(c1C(=O)NC1(C(=O)NCc3ccc(F)cc3F)CCNCC1)CC(C)(C)C2=O. The van der Waals surface area contributed by atoms with Gasteiger partial charge >= 0.3 is 0 Å². The van der Waals surface area contributed by atoms with E-state index in [2.05, 4.69) is 16.0 Å². The maximum Gasteiger partial charge on any atom is 0.252 e. The molecule has 1 heterocycles. The molecule has 1 fully saturated rings. The zero-order chi connectivity index (χ0) is 25.5. The lowest BCUT2D eigenvalue weighted by Crippen LogP contribution is -2.62. The highest BCUT2D eigenvalue weighted by atomic mass is 19.1. The highest BCUT2D eigenvalue weighted by molar-refractivity contribution is 6.10. The number of amides is 2. The second-order valence-corrected chi connectivity index (χ2v) is 10.3. The highest BCUT2D eigenvalue weighted by Gasteiger charge is 2.44. The molecule has 6 nitrogen and oxygen atoms in total. The van der Waals surface area contributed by atoms with Gasteiger partial charge in [-0.25, -0.2) is 8.78 Å². The predicted molar refractivity (Wildman–Crippen MR) is 128 cm³/mol. The number of ketones is 1. The highest BCUT2D eigenvalue weighted by Crippen LogP contribution is 2.40. The fraction of sp³-hybridized carbons (Fsp3) is 0.444. The summed E-state index contributed by atoms with van der Waals surface area (Å²) in [5.74, 6) is -2.23. The van der Waals surface area contributed by atoms with Crippen LogP contribution in [0.4, 0.5) is 8.78 Å². The smallest absolute Gasteiger partial charge is 0.252 e. The van der Waals surface area contributed by atoms with Crippen molar-refractivity contribution in [3.63, 3.8) is 0 Å². The average Bonchev–Trinajstić information content (AvgIpc) is 3.02. The van der Waals surface area contributed by atoms with Crippen molar-refractivity contribution in [1.82, 2.24) is 16.0 Å². The summed E-state index contributed by atoms with van der Waals surface area (Å²) in [6.45, 7) is 8.39. The standard InChI is InChI=1S/C27H31F2N3O3/c1-15-11-16(2)22(19-13-26(3,4)23(33)21(15)19)24(34)32-27(7-9-30-10-8-27)25(35)31-14-17-5-6-18(28)12-20(17)29/h5-6,11-12,30H,7-10,13-14H2,1-4H3,(H,31,35)(H,32,34). The molecular weight excluding hydrogens is 452 g/mol. The van der Waals surface area contributed by atoms with E-state index in [1.54, 1.807) is 0 Å². The normalized spacial score (nSPS) is 18.2. The Morgan fingerprint density at radius 1 is 1.06 bits per heavy atom. The van der Waals surface area contributed by atoms with Crippen molar-refractivity contribution in [3.05, 3.63) is 69.3 Å². The Morgan fingerprint density at radius 3 is 2.40 bits per heavy atom. The van der Waals surface area contributed by atoms with E-state index in [9.17, 15) is 23.2 Å². The van der Waals surface area contributed by atoms with Gasteiger partial charge in [0.25, 0.3) is 5.91 Å². The third kappa shape index (κ3) is 4.59. The first-order valence-corrected chi connectivity index (χ1v) is 11.9. The summed E-state index contributed by atoms with van der Waals surface area (Å²) in [6, 6.07) is 5.04. The maximum atomic E-state index is 14.1. The van der Waals surface area contributed by atoms with Crippen molar-refractivity contribution in [2.45, 2.75) is 59.0 Å². The lowest BCUT2D eigenvalue weighted by Gasteiger charge is -2.37. The molecule has 0 radical (unpaired) electrons. The summed E-state index contributed by atoms with van der Waals surface area (Å²) < 4.78 is 27.3. The molecule has 2 aromatic rings. The minimum absolute atomic E-state index is 0.0229. The fourth-order valence-electron chi connectivity index (χ4n) is 5.29. The van der Waals surface area contributed by atoms with Gasteiger partial charge in [0.05, 0.1) is 0 Å². The van der Waals surface area contributed by atoms with Gasteiger partial charge < -0.3 is 16.0 Å². The molecule has 8 heteroatoms. The van der Waals surface area contributed by atoms with Gasteiger partial charge in [-0.1, -0.05) is 26.0 Å². The topological polar surface area (TPSA) is 87.3 Å². The van der Waals surface area contributed by atoms with Crippen LogP contribution in [-0.4, -0.2) is 36.2 Å². The van der Waals surface area contributed by atoms with Crippen LogP contribution in [0.5, 0.6) is 0 Å². The van der Waals surface area contributed by atoms with E-state index in [0.29, 0.717) is 43.5 Å². The van der Waals surface area contributed by atoms with E-state index < -0.39 is 34.4 Å². The molecule has 2 aromatic carbocycles. The number of hydrogen-bond donors (Lipinski definition) is 3. The molecule has 2 amide bonds. The van der Waals surface area contributed by atoms with Crippen LogP contribution in [0.25, 0.3) is 0 Å². The van der Waals surface area contributed by atoms with Gasteiger partial charge in [0.15, 0.2) is 5.78 Å². The Kier molecular flexibility index (Phi) is 6.53. The number of fused-ring (bicyclic) bond motifs is 1. The van der Waals surface area contributed by atoms with Crippen molar-refractivity contribution in [2.75, 3.05) is 13.1 Å². The van der Waals surface area contributed by atoms with E-state index in [1.165, 1.54) is 6.07 Å². The lowest BCUT2D eigenvalue weighted by molar-refractivity contribution is -0.128. The van der Waals surface area contributed by atoms with E-state index in [-0.39, 0.29) is 17.9 Å². The molecule has 0 bridgehead atoms. The summed E-state index contributed by atoms with van der Waals surface area (Å²) in [5, 5.41) is 8.91. The van der Waals surface area contributed by atoms with Gasteiger partial charge in [0.1, 0.15) is 17.2 Å². The van der Waals surface area contributed by atoms with Crippen LogP contribution >= 0.6 is 0 Å². The Morgan fingerprint density at radius 2 is 1.74 bits per heavy atom. The first kappa shape index (κ1) is 25.0. The number of rotatable bonds is 5. The largest absolute Gasteiger partial charge is 0.350 e. The third-order valence-electron chi connectivity index (χ3n) is 7.21. The number of nitrogens with one attached hydrogen (secondary N) is 3. The zero-order valence-corrected chi connectivity index (χ0v) is 20.5. The van der Waals surface area contributed by atoms with Gasteiger partial charge in [-0.15, -0.1) is 0 Å². The van der Waals surface area contributed by atoms with E-state index >= 15 is 0 Å². The van der Waals surface area contributed by atoms with Gasteiger partial charge in [0.2, 0.25) is 5.91 Å². The molecular formula is C27H31F2N3O3. The van der Waals surface area contributed by atoms with Gasteiger partial charge in [0, 0.05) is 34.7 Å². The van der Waals surface area contributed by atoms with Crippen LogP contribution in [-0.2, 0) is 17.8 Å². The van der Waals surface area contributed by atoms with Crippen LogP contribution in [0.15, 0.2) is 24.3 Å². The van der Waals surface area contributed by atoms with Crippen LogP contribution in [0.3, 0.4) is 0 Å². The van der Waals surface area contributed by atoms with Gasteiger partial charge in [-0.2, -0.15) is 0 Å². The zero-order valence-electron chi connectivity index (χ0n) is 20.5. The van der Waals surface area contributed by atoms with E-state index in [0.717, 1.165) is 28.8 Å². The molecule has 4 rings (SSSR count). The minimum Gasteiger partial charge on any atom is -0.350 e. The number of Topliss-reactive ketones (excluding diaryl/α,β-unsaturated/α-hetero) is 1. The Labute approximate surface area is 203 Å². The fourth-order valence-corrected chi connectivity index (χ4v) is 5.29. The minimum atomic E-state index is -1.19. The van der Waals surface area contributed by atoms with Crippen LogP contribution in [0.2, 0.25) is 0 Å². The molecule has 0 spiro atoms. The molecule has 1 aliphatic carbocycles. The van der Waals surface area contributed by atoms with Crippen LogP contribution in [0.1, 0.15) is 69.7 Å². The quantitative estimate of drug-likeness (QED) is 0.608. The molecule has 3 N–H and O–H groups in total.